The summed E-state index contributed by atoms with van der Waals surface area (Å²) < 4.78 is 27.2. The summed E-state index contributed by atoms with van der Waals surface area (Å²) in [5, 5.41) is 0. The molecule has 1 unspecified atom stereocenters. The van der Waals surface area contributed by atoms with Crippen LogP contribution in [-0.4, -0.2) is 23.4 Å². The Kier molecular flexibility index (Phi) is 4.08. The average molecular weight is 293 g/mol. The van der Waals surface area contributed by atoms with Gasteiger partial charge in [0.25, 0.3) is 0 Å². The second kappa shape index (κ2) is 6.00. The van der Waals surface area contributed by atoms with Gasteiger partial charge in [-0.2, -0.15) is 0 Å². The first-order chi connectivity index (χ1) is 10.2. The van der Waals surface area contributed by atoms with Gasteiger partial charge in [-0.3, -0.25) is 4.99 Å². The Labute approximate surface area is 123 Å². The Balaban J connectivity index is 1.87. The van der Waals surface area contributed by atoms with Crippen LogP contribution >= 0.6 is 0 Å². The molecule has 1 atom stereocenters. The number of nitrogens with zero attached hydrogens (tertiary/aromatic N) is 2. The average Bonchev–Trinajstić information content (AvgIpc) is 2.67. The Hall–Kier alpha value is -1.65. The molecule has 21 heavy (non-hydrogen) atoms. The van der Waals surface area contributed by atoms with Gasteiger partial charge in [-0.25, -0.2) is 8.78 Å². The number of rotatable bonds is 2. The van der Waals surface area contributed by atoms with Gasteiger partial charge in [0.1, 0.15) is 11.6 Å². The third-order valence-electron chi connectivity index (χ3n) is 4.57. The third-order valence-corrected chi connectivity index (χ3v) is 4.57. The van der Waals surface area contributed by atoms with Crippen LogP contribution in [0.4, 0.5) is 8.78 Å². The van der Waals surface area contributed by atoms with Crippen LogP contribution in [-0.2, 0) is 0 Å². The zero-order valence-electron chi connectivity index (χ0n) is 12.1. The van der Waals surface area contributed by atoms with Crippen LogP contribution in [0.5, 0.6) is 0 Å². The lowest BCUT2D eigenvalue weighted by molar-refractivity contribution is 0.233. The standard InChI is InChI=1S/C16H21F2N3/c17-11-7-8-13(14(18)9-11)15-10-20-16(19)21(15)12-5-3-1-2-4-6-12/h7-9,12,15H,1-6,10H2,(H2,19,20). The molecule has 2 aliphatic rings. The lowest BCUT2D eigenvalue weighted by Crippen LogP contribution is -2.43. The summed E-state index contributed by atoms with van der Waals surface area (Å²) in [5.41, 5.74) is 6.54. The first-order valence-corrected chi connectivity index (χ1v) is 7.70. The van der Waals surface area contributed by atoms with Crippen molar-refractivity contribution in [3.63, 3.8) is 0 Å². The highest BCUT2D eigenvalue weighted by molar-refractivity contribution is 5.80. The molecule has 2 N–H and O–H groups in total. The number of hydrogen-bond donors (Lipinski definition) is 1. The zero-order valence-corrected chi connectivity index (χ0v) is 12.1. The second-order valence-electron chi connectivity index (χ2n) is 5.93. The molecule has 1 saturated carbocycles. The third kappa shape index (κ3) is 2.87. The molecule has 0 aromatic heterocycles. The Bertz CT molecular complexity index is 536. The number of benzene rings is 1. The van der Waals surface area contributed by atoms with Gasteiger partial charge in [0.2, 0.25) is 0 Å². The molecule has 5 heteroatoms. The van der Waals surface area contributed by atoms with Crippen molar-refractivity contribution in [2.45, 2.75) is 50.6 Å². The van der Waals surface area contributed by atoms with Crippen molar-refractivity contribution in [3.8, 4) is 0 Å². The molecule has 0 amide bonds. The highest BCUT2D eigenvalue weighted by Crippen LogP contribution is 2.34. The lowest BCUT2D eigenvalue weighted by Gasteiger charge is -2.34. The summed E-state index contributed by atoms with van der Waals surface area (Å²) in [6.45, 7) is 0.449. The maximum atomic E-state index is 14.1. The molecule has 1 aliphatic heterocycles. The van der Waals surface area contributed by atoms with Crippen molar-refractivity contribution >= 4 is 5.96 Å². The monoisotopic (exact) mass is 293 g/mol. The number of aliphatic imine (C=N–C) groups is 1. The van der Waals surface area contributed by atoms with E-state index in [0.717, 1.165) is 18.9 Å². The van der Waals surface area contributed by atoms with Crippen LogP contribution in [0.3, 0.4) is 0 Å². The molecule has 1 aromatic carbocycles. The first kappa shape index (κ1) is 14.3. The molecule has 1 heterocycles. The van der Waals surface area contributed by atoms with Crippen LogP contribution in [0.25, 0.3) is 0 Å². The Morgan fingerprint density at radius 2 is 1.81 bits per heavy atom. The summed E-state index contributed by atoms with van der Waals surface area (Å²) in [7, 11) is 0. The predicted molar refractivity (Wildman–Crippen MR) is 78.9 cm³/mol. The minimum atomic E-state index is -0.552. The topological polar surface area (TPSA) is 41.6 Å². The quantitative estimate of drug-likeness (QED) is 0.850. The van der Waals surface area contributed by atoms with Gasteiger partial charge in [-0.05, 0) is 18.9 Å². The van der Waals surface area contributed by atoms with Gasteiger partial charge in [0.05, 0.1) is 12.6 Å². The molecule has 1 fully saturated rings. The smallest absolute Gasteiger partial charge is 0.192 e. The van der Waals surface area contributed by atoms with E-state index >= 15 is 0 Å². The Morgan fingerprint density at radius 1 is 1.10 bits per heavy atom. The Morgan fingerprint density at radius 3 is 2.48 bits per heavy atom. The maximum absolute atomic E-state index is 14.1. The van der Waals surface area contributed by atoms with E-state index in [0.29, 0.717) is 24.1 Å². The predicted octanol–water partition coefficient (Wildman–Crippen LogP) is 3.36. The number of nitrogens with two attached hydrogens (primary N) is 1. The van der Waals surface area contributed by atoms with E-state index < -0.39 is 11.6 Å². The molecule has 1 aliphatic carbocycles. The fourth-order valence-electron chi connectivity index (χ4n) is 3.51. The number of halogens is 2. The first-order valence-electron chi connectivity index (χ1n) is 7.70. The van der Waals surface area contributed by atoms with Crippen LogP contribution in [0.2, 0.25) is 0 Å². The van der Waals surface area contributed by atoms with Crippen molar-refractivity contribution in [3.05, 3.63) is 35.4 Å². The summed E-state index contributed by atoms with van der Waals surface area (Å²) in [5.74, 6) is -0.566. The van der Waals surface area contributed by atoms with Crippen molar-refractivity contribution < 1.29 is 8.78 Å². The molecular weight excluding hydrogens is 272 g/mol. The van der Waals surface area contributed by atoms with Crippen molar-refractivity contribution in [1.29, 1.82) is 0 Å². The van der Waals surface area contributed by atoms with Gasteiger partial charge >= 0.3 is 0 Å². The lowest BCUT2D eigenvalue weighted by atomic mass is 10.0. The van der Waals surface area contributed by atoms with Gasteiger partial charge in [0.15, 0.2) is 5.96 Å². The molecule has 0 radical (unpaired) electrons. The van der Waals surface area contributed by atoms with E-state index in [-0.39, 0.29) is 6.04 Å². The van der Waals surface area contributed by atoms with Crippen molar-refractivity contribution in [2.75, 3.05) is 6.54 Å². The van der Waals surface area contributed by atoms with Crippen LogP contribution in [0.15, 0.2) is 23.2 Å². The molecule has 0 saturated heterocycles. The van der Waals surface area contributed by atoms with Gasteiger partial charge in [0, 0.05) is 17.7 Å². The van der Waals surface area contributed by atoms with E-state index in [9.17, 15) is 8.78 Å². The fourth-order valence-corrected chi connectivity index (χ4v) is 3.51. The van der Waals surface area contributed by atoms with Crippen LogP contribution < -0.4 is 5.73 Å². The highest BCUT2D eigenvalue weighted by Gasteiger charge is 2.34. The van der Waals surface area contributed by atoms with E-state index in [1.165, 1.54) is 37.8 Å². The maximum Gasteiger partial charge on any atom is 0.192 e. The van der Waals surface area contributed by atoms with Crippen LogP contribution in [0, 0.1) is 11.6 Å². The summed E-state index contributed by atoms with van der Waals surface area (Å²) in [6.07, 6.45) is 6.97. The van der Waals surface area contributed by atoms with E-state index in [4.69, 9.17) is 5.73 Å². The van der Waals surface area contributed by atoms with E-state index in [2.05, 4.69) is 9.89 Å². The van der Waals surface area contributed by atoms with Gasteiger partial charge in [-0.1, -0.05) is 31.7 Å². The SMILES string of the molecule is NC1=NCC(c2ccc(F)cc2F)N1C1CCCCCC1. The number of guanidine groups is 1. The summed E-state index contributed by atoms with van der Waals surface area (Å²) in [6, 6.07) is 3.88. The van der Waals surface area contributed by atoms with E-state index in [1.807, 2.05) is 0 Å². The molecule has 0 bridgehead atoms. The molecule has 0 spiro atoms. The van der Waals surface area contributed by atoms with Gasteiger partial charge in [-0.15, -0.1) is 0 Å². The van der Waals surface area contributed by atoms with Crippen molar-refractivity contribution in [2.24, 2.45) is 10.7 Å². The minimum absolute atomic E-state index is 0.200. The van der Waals surface area contributed by atoms with Gasteiger partial charge < -0.3 is 10.6 Å². The largest absolute Gasteiger partial charge is 0.370 e. The summed E-state index contributed by atoms with van der Waals surface area (Å²) >= 11 is 0. The number of hydrogen-bond acceptors (Lipinski definition) is 3. The molecule has 1 aromatic rings. The second-order valence-corrected chi connectivity index (χ2v) is 5.93. The molecule has 3 nitrogen and oxygen atoms in total. The highest BCUT2D eigenvalue weighted by atomic mass is 19.1. The van der Waals surface area contributed by atoms with Crippen LogP contribution in [0.1, 0.15) is 50.1 Å². The molecular formula is C16H21F2N3. The van der Waals surface area contributed by atoms with Crippen molar-refractivity contribution in [1.82, 2.24) is 4.90 Å². The molecule has 3 rings (SSSR count). The zero-order chi connectivity index (χ0) is 14.8. The fraction of sp³-hybridized carbons (Fsp3) is 0.562. The minimum Gasteiger partial charge on any atom is -0.370 e. The molecule has 114 valence electrons. The normalized spacial score (nSPS) is 24.0. The summed E-state index contributed by atoms with van der Waals surface area (Å²) in [4.78, 5) is 6.36. The van der Waals surface area contributed by atoms with E-state index in [1.54, 1.807) is 0 Å².